The third-order valence-corrected chi connectivity index (χ3v) is 2.52. The Morgan fingerprint density at radius 2 is 2.24 bits per heavy atom. The van der Waals surface area contributed by atoms with Crippen LogP contribution in [0.2, 0.25) is 0 Å². The normalized spacial score (nSPS) is 11.1. The lowest BCUT2D eigenvalue weighted by Gasteiger charge is -2.02. The molecule has 0 saturated heterocycles. The predicted octanol–water partition coefficient (Wildman–Crippen LogP) is 3.22. The number of fused-ring (bicyclic) bond motifs is 1. The summed E-state index contributed by atoms with van der Waals surface area (Å²) in [4.78, 5) is 0. The number of aromatic nitrogens is 2. The molecule has 2 aromatic rings. The average Bonchev–Trinajstić information content (AvgIpc) is 2.39. The van der Waals surface area contributed by atoms with Crippen LogP contribution in [-0.4, -0.2) is 16.4 Å². The number of benzene rings is 1. The van der Waals surface area contributed by atoms with Crippen molar-refractivity contribution in [2.24, 2.45) is 5.10 Å². The Hall–Kier alpha value is -1.97. The maximum atomic E-state index is 4.15. The minimum atomic E-state index is 0.704. The molecule has 0 aliphatic carbocycles. The summed E-state index contributed by atoms with van der Waals surface area (Å²) < 4.78 is 0. The van der Waals surface area contributed by atoms with Gasteiger partial charge in [0.2, 0.25) is 0 Å². The van der Waals surface area contributed by atoms with Gasteiger partial charge in [0.05, 0.1) is 6.20 Å². The summed E-state index contributed by atoms with van der Waals surface area (Å²) in [5.74, 6) is 0.704. The SMILES string of the molecule is CCCC/C=N\Nc1nncc2ccccc12. The zero-order chi connectivity index (χ0) is 11.9. The Bertz CT molecular complexity index is 502. The first-order valence-electron chi connectivity index (χ1n) is 5.89. The number of hydrazone groups is 1. The quantitative estimate of drug-likeness (QED) is 0.485. The van der Waals surface area contributed by atoms with Gasteiger partial charge in [0.1, 0.15) is 0 Å². The van der Waals surface area contributed by atoms with E-state index in [9.17, 15) is 0 Å². The fourth-order valence-corrected chi connectivity index (χ4v) is 1.58. The molecule has 2 rings (SSSR count). The van der Waals surface area contributed by atoms with E-state index in [0.717, 1.165) is 23.6 Å². The largest absolute Gasteiger partial charge is 0.260 e. The van der Waals surface area contributed by atoms with Crippen molar-refractivity contribution in [3.63, 3.8) is 0 Å². The molecule has 1 heterocycles. The summed E-state index contributed by atoms with van der Waals surface area (Å²) in [6, 6.07) is 7.98. The number of hydrogen-bond acceptors (Lipinski definition) is 4. The molecule has 1 N–H and O–H groups in total. The summed E-state index contributed by atoms with van der Waals surface area (Å²) in [5, 5.41) is 14.2. The second-order valence-electron chi connectivity index (χ2n) is 3.85. The average molecular weight is 228 g/mol. The molecule has 0 fully saturated rings. The minimum Gasteiger partial charge on any atom is -0.260 e. The Morgan fingerprint density at radius 1 is 1.35 bits per heavy atom. The van der Waals surface area contributed by atoms with E-state index in [1.165, 1.54) is 6.42 Å². The number of unbranched alkanes of at least 4 members (excludes halogenated alkanes) is 2. The van der Waals surface area contributed by atoms with E-state index in [0.29, 0.717) is 5.82 Å². The zero-order valence-corrected chi connectivity index (χ0v) is 9.93. The number of anilines is 1. The summed E-state index contributed by atoms with van der Waals surface area (Å²) in [6.07, 6.45) is 6.96. The molecular weight excluding hydrogens is 212 g/mol. The minimum absolute atomic E-state index is 0.704. The number of nitrogens with one attached hydrogen (secondary N) is 1. The lowest BCUT2D eigenvalue weighted by molar-refractivity contribution is 0.841. The Kier molecular flexibility index (Phi) is 4.02. The topological polar surface area (TPSA) is 50.2 Å². The smallest absolute Gasteiger partial charge is 0.176 e. The molecule has 4 heteroatoms. The third-order valence-electron chi connectivity index (χ3n) is 2.52. The van der Waals surface area contributed by atoms with E-state index in [2.05, 4.69) is 27.6 Å². The molecule has 4 nitrogen and oxygen atoms in total. The van der Waals surface area contributed by atoms with Gasteiger partial charge in [-0.15, -0.1) is 5.10 Å². The Morgan fingerprint density at radius 3 is 3.12 bits per heavy atom. The zero-order valence-electron chi connectivity index (χ0n) is 9.93. The molecule has 17 heavy (non-hydrogen) atoms. The van der Waals surface area contributed by atoms with Gasteiger partial charge in [-0.05, 0) is 12.8 Å². The first-order valence-corrected chi connectivity index (χ1v) is 5.89. The molecule has 0 bridgehead atoms. The van der Waals surface area contributed by atoms with E-state index in [1.807, 2.05) is 30.5 Å². The molecule has 0 unspecified atom stereocenters. The van der Waals surface area contributed by atoms with Crippen LogP contribution in [-0.2, 0) is 0 Å². The van der Waals surface area contributed by atoms with Crippen molar-refractivity contribution >= 4 is 22.8 Å². The highest BCUT2D eigenvalue weighted by atomic mass is 15.3. The van der Waals surface area contributed by atoms with Gasteiger partial charge in [-0.1, -0.05) is 37.6 Å². The van der Waals surface area contributed by atoms with E-state index >= 15 is 0 Å². The van der Waals surface area contributed by atoms with E-state index in [4.69, 9.17) is 0 Å². The van der Waals surface area contributed by atoms with Crippen LogP contribution in [0.5, 0.6) is 0 Å². The highest BCUT2D eigenvalue weighted by Gasteiger charge is 2.00. The molecular formula is C13H16N4. The van der Waals surface area contributed by atoms with E-state index < -0.39 is 0 Å². The van der Waals surface area contributed by atoms with Crippen molar-refractivity contribution in [1.29, 1.82) is 0 Å². The van der Waals surface area contributed by atoms with Gasteiger partial charge in [0, 0.05) is 17.0 Å². The van der Waals surface area contributed by atoms with Crippen molar-refractivity contribution < 1.29 is 0 Å². The van der Waals surface area contributed by atoms with Gasteiger partial charge in [0.15, 0.2) is 5.82 Å². The van der Waals surface area contributed by atoms with Crippen molar-refractivity contribution in [2.45, 2.75) is 26.2 Å². The highest BCUT2D eigenvalue weighted by Crippen LogP contribution is 2.18. The maximum Gasteiger partial charge on any atom is 0.176 e. The van der Waals surface area contributed by atoms with Gasteiger partial charge < -0.3 is 0 Å². The van der Waals surface area contributed by atoms with Gasteiger partial charge in [0.25, 0.3) is 0 Å². The predicted molar refractivity (Wildman–Crippen MR) is 71.2 cm³/mol. The molecule has 0 aliphatic heterocycles. The van der Waals surface area contributed by atoms with Crippen molar-refractivity contribution in [2.75, 3.05) is 5.43 Å². The number of nitrogens with zero attached hydrogens (tertiary/aromatic N) is 3. The molecule has 0 atom stereocenters. The Balaban J connectivity index is 2.10. The fraction of sp³-hybridized carbons (Fsp3) is 0.308. The standard InChI is InChI=1S/C13H16N4/c1-2-3-6-9-14-16-13-12-8-5-4-7-11(12)10-15-17-13/h4-5,7-10H,2-3,6H2,1H3,(H,16,17)/b14-9-. The molecule has 1 aromatic heterocycles. The fourth-order valence-electron chi connectivity index (χ4n) is 1.58. The van der Waals surface area contributed by atoms with Crippen LogP contribution in [0.3, 0.4) is 0 Å². The van der Waals surface area contributed by atoms with Crippen LogP contribution >= 0.6 is 0 Å². The van der Waals surface area contributed by atoms with Crippen LogP contribution in [0.15, 0.2) is 35.6 Å². The lowest BCUT2D eigenvalue weighted by atomic mass is 10.2. The van der Waals surface area contributed by atoms with Crippen LogP contribution in [0.4, 0.5) is 5.82 Å². The van der Waals surface area contributed by atoms with Crippen LogP contribution in [0.25, 0.3) is 10.8 Å². The van der Waals surface area contributed by atoms with Gasteiger partial charge >= 0.3 is 0 Å². The molecule has 0 radical (unpaired) electrons. The third kappa shape index (κ3) is 3.00. The molecule has 0 aliphatic rings. The lowest BCUT2D eigenvalue weighted by Crippen LogP contribution is -1.95. The summed E-state index contributed by atoms with van der Waals surface area (Å²) in [6.45, 7) is 2.16. The van der Waals surface area contributed by atoms with Gasteiger partial charge in [-0.25, -0.2) is 0 Å². The summed E-state index contributed by atoms with van der Waals surface area (Å²) in [7, 11) is 0. The molecule has 0 saturated carbocycles. The van der Waals surface area contributed by atoms with Crippen LogP contribution in [0.1, 0.15) is 26.2 Å². The van der Waals surface area contributed by atoms with E-state index in [-0.39, 0.29) is 0 Å². The number of rotatable bonds is 5. The molecule has 1 aromatic carbocycles. The molecule has 0 spiro atoms. The van der Waals surface area contributed by atoms with Crippen molar-refractivity contribution in [3.05, 3.63) is 30.5 Å². The number of hydrogen-bond donors (Lipinski definition) is 1. The van der Waals surface area contributed by atoms with Crippen LogP contribution in [0, 0.1) is 0 Å². The van der Waals surface area contributed by atoms with Crippen LogP contribution < -0.4 is 5.43 Å². The summed E-state index contributed by atoms with van der Waals surface area (Å²) >= 11 is 0. The molecule has 88 valence electrons. The van der Waals surface area contributed by atoms with Gasteiger partial charge in [-0.3, -0.25) is 5.43 Å². The first-order chi connectivity index (χ1) is 8.42. The maximum absolute atomic E-state index is 4.15. The highest BCUT2D eigenvalue weighted by molar-refractivity contribution is 5.90. The molecule has 0 amide bonds. The van der Waals surface area contributed by atoms with E-state index in [1.54, 1.807) is 6.20 Å². The second-order valence-corrected chi connectivity index (χ2v) is 3.85. The Labute approximate surface area is 101 Å². The van der Waals surface area contributed by atoms with Gasteiger partial charge in [-0.2, -0.15) is 10.2 Å². The monoisotopic (exact) mass is 228 g/mol. The van der Waals surface area contributed by atoms with Crippen molar-refractivity contribution in [1.82, 2.24) is 10.2 Å². The van der Waals surface area contributed by atoms with Crippen molar-refractivity contribution in [3.8, 4) is 0 Å². The second kappa shape index (κ2) is 5.94. The first kappa shape index (κ1) is 11.5. The summed E-state index contributed by atoms with van der Waals surface area (Å²) in [5.41, 5.74) is 2.94.